The van der Waals surface area contributed by atoms with Gasteiger partial charge in [-0.25, -0.2) is 0 Å². The highest BCUT2D eigenvalue weighted by Crippen LogP contribution is 2.25. The molecular weight excluding hydrogens is 154 g/mol. The van der Waals surface area contributed by atoms with Crippen LogP contribution < -0.4 is 5.73 Å². The van der Waals surface area contributed by atoms with E-state index in [9.17, 15) is 0 Å². The van der Waals surface area contributed by atoms with Gasteiger partial charge in [0.1, 0.15) is 6.61 Å². The third-order valence-electron chi connectivity index (χ3n) is 2.52. The smallest absolute Gasteiger partial charge is 0.129 e. The molecule has 12 heavy (non-hydrogen) atoms. The highest BCUT2D eigenvalue weighted by atomic mass is 16.6. The molecule has 2 N–H and O–H groups in total. The summed E-state index contributed by atoms with van der Waals surface area (Å²) < 4.78 is 0. The first-order chi connectivity index (χ1) is 5.90. The van der Waals surface area contributed by atoms with Gasteiger partial charge in [-0.1, -0.05) is 5.16 Å². The summed E-state index contributed by atoms with van der Waals surface area (Å²) >= 11 is 0. The second-order valence-electron chi connectivity index (χ2n) is 3.43. The number of hydrogen-bond acceptors (Lipinski definition) is 4. The molecule has 0 spiro atoms. The maximum Gasteiger partial charge on any atom is 0.129 e. The van der Waals surface area contributed by atoms with Crippen LogP contribution in [0, 0.1) is 5.92 Å². The number of rotatable bonds is 3. The zero-order valence-corrected chi connectivity index (χ0v) is 7.20. The standard InChI is InChI=1S/C8H15N3O/c9-2-4-12-10-8-6-11-3-1-7(8)5-11/h7H,1-6,9H2/b10-8+. The van der Waals surface area contributed by atoms with Crippen LogP contribution >= 0.6 is 0 Å². The molecule has 2 fully saturated rings. The van der Waals surface area contributed by atoms with Crippen LogP contribution in [0.5, 0.6) is 0 Å². The molecule has 0 saturated carbocycles. The summed E-state index contributed by atoms with van der Waals surface area (Å²) in [4.78, 5) is 7.47. The monoisotopic (exact) mass is 169 g/mol. The van der Waals surface area contributed by atoms with Crippen molar-refractivity contribution >= 4 is 5.71 Å². The summed E-state index contributed by atoms with van der Waals surface area (Å²) in [5, 5.41) is 4.09. The minimum Gasteiger partial charge on any atom is -0.394 e. The Balaban J connectivity index is 1.85. The van der Waals surface area contributed by atoms with Crippen LogP contribution in [0.25, 0.3) is 0 Å². The predicted octanol–water partition coefficient (Wildman–Crippen LogP) is -0.347. The molecule has 0 radical (unpaired) electrons. The summed E-state index contributed by atoms with van der Waals surface area (Å²) in [5.41, 5.74) is 6.50. The first-order valence-electron chi connectivity index (χ1n) is 4.51. The molecule has 2 saturated heterocycles. The fraction of sp³-hybridized carbons (Fsp3) is 0.875. The van der Waals surface area contributed by atoms with E-state index in [4.69, 9.17) is 10.6 Å². The average Bonchev–Trinajstić information content (AvgIpc) is 2.65. The SMILES string of the molecule is NCCO/N=C1\CN2CCC1C2. The van der Waals surface area contributed by atoms with Crippen LogP contribution in [0.1, 0.15) is 6.42 Å². The predicted molar refractivity (Wildman–Crippen MR) is 47.0 cm³/mol. The van der Waals surface area contributed by atoms with Crippen molar-refractivity contribution in [2.24, 2.45) is 16.8 Å². The molecular formula is C8H15N3O. The van der Waals surface area contributed by atoms with Crippen molar-refractivity contribution in [3.05, 3.63) is 0 Å². The second-order valence-corrected chi connectivity index (χ2v) is 3.43. The molecule has 4 nitrogen and oxygen atoms in total. The molecule has 2 rings (SSSR count). The summed E-state index contributed by atoms with van der Waals surface area (Å²) in [6.45, 7) is 4.52. The van der Waals surface area contributed by atoms with Crippen molar-refractivity contribution in [1.29, 1.82) is 0 Å². The highest BCUT2D eigenvalue weighted by molar-refractivity contribution is 5.91. The first-order valence-corrected chi connectivity index (χ1v) is 4.51. The van der Waals surface area contributed by atoms with Gasteiger partial charge >= 0.3 is 0 Å². The Kier molecular flexibility index (Phi) is 2.28. The number of piperidine rings is 1. The molecule has 0 aromatic heterocycles. The molecule has 4 heteroatoms. The van der Waals surface area contributed by atoms with Gasteiger partial charge < -0.3 is 10.6 Å². The maximum atomic E-state index is 5.28. The molecule has 2 heterocycles. The number of fused-ring (bicyclic) bond motifs is 2. The van der Waals surface area contributed by atoms with E-state index in [2.05, 4.69) is 10.1 Å². The van der Waals surface area contributed by atoms with Gasteiger partial charge in [-0.2, -0.15) is 0 Å². The first kappa shape index (κ1) is 8.01. The van der Waals surface area contributed by atoms with Gasteiger partial charge in [0, 0.05) is 25.6 Å². The lowest BCUT2D eigenvalue weighted by Gasteiger charge is -2.12. The van der Waals surface area contributed by atoms with E-state index < -0.39 is 0 Å². The topological polar surface area (TPSA) is 50.9 Å². The number of hydrogen-bond donors (Lipinski definition) is 1. The zero-order chi connectivity index (χ0) is 8.39. The van der Waals surface area contributed by atoms with Gasteiger partial charge in [-0.15, -0.1) is 0 Å². The molecule has 2 atom stereocenters. The minimum absolute atomic E-state index is 0.538. The van der Waals surface area contributed by atoms with E-state index in [1.807, 2.05) is 0 Å². The van der Waals surface area contributed by atoms with Crippen molar-refractivity contribution in [2.75, 3.05) is 32.8 Å². The van der Waals surface area contributed by atoms with Crippen molar-refractivity contribution in [1.82, 2.24) is 4.90 Å². The van der Waals surface area contributed by atoms with Gasteiger partial charge in [0.05, 0.1) is 5.71 Å². The lowest BCUT2D eigenvalue weighted by atomic mass is 10.0. The Morgan fingerprint density at radius 3 is 3.17 bits per heavy atom. The Labute approximate surface area is 72.3 Å². The molecule has 0 aliphatic carbocycles. The number of nitrogens with two attached hydrogens (primary N) is 1. The summed E-state index contributed by atoms with van der Waals surface area (Å²) in [6.07, 6.45) is 1.25. The Bertz CT molecular complexity index is 193. The Morgan fingerprint density at radius 2 is 2.58 bits per heavy atom. The largest absolute Gasteiger partial charge is 0.394 e. The van der Waals surface area contributed by atoms with E-state index in [1.165, 1.54) is 25.2 Å². The summed E-state index contributed by atoms with van der Waals surface area (Å²) in [7, 11) is 0. The quantitative estimate of drug-likeness (QED) is 0.464. The van der Waals surface area contributed by atoms with Gasteiger partial charge in [0.2, 0.25) is 0 Å². The van der Waals surface area contributed by atoms with E-state index in [0.717, 1.165) is 6.54 Å². The van der Waals surface area contributed by atoms with Crippen LogP contribution in [-0.4, -0.2) is 43.4 Å². The maximum absolute atomic E-state index is 5.28. The van der Waals surface area contributed by atoms with Gasteiger partial charge in [-0.05, 0) is 13.0 Å². The van der Waals surface area contributed by atoms with Gasteiger partial charge in [-0.3, -0.25) is 4.90 Å². The normalized spacial score (nSPS) is 36.2. The highest BCUT2D eigenvalue weighted by Gasteiger charge is 2.35. The lowest BCUT2D eigenvalue weighted by molar-refractivity contribution is 0.150. The van der Waals surface area contributed by atoms with Gasteiger partial charge in [0.25, 0.3) is 0 Å². The third kappa shape index (κ3) is 1.44. The van der Waals surface area contributed by atoms with E-state index >= 15 is 0 Å². The molecule has 2 aliphatic heterocycles. The van der Waals surface area contributed by atoms with Crippen LogP contribution in [0.2, 0.25) is 0 Å². The molecule has 0 aromatic carbocycles. The lowest BCUT2D eigenvalue weighted by Crippen LogP contribution is -2.23. The van der Waals surface area contributed by atoms with E-state index in [-0.39, 0.29) is 0 Å². The minimum atomic E-state index is 0.538. The van der Waals surface area contributed by atoms with Crippen LogP contribution in [0.15, 0.2) is 5.16 Å². The van der Waals surface area contributed by atoms with Crippen molar-refractivity contribution in [3.8, 4) is 0 Å². The molecule has 2 aliphatic rings. The summed E-state index contributed by atoms with van der Waals surface area (Å²) in [6, 6.07) is 0. The summed E-state index contributed by atoms with van der Waals surface area (Å²) in [5.74, 6) is 0.669. The van der Waals surface area contributed by atoms with Crippen LogP contribution in [0.4, 0.5) is 0 Å². The van der Waals surface area contributed by atoms with Crippen LogP contribution in [-0.2, 0) is 4.84 Å². The van der Waals surface area contributed by atoms with Crippen LogP contribution in [0.3, 0.4) is 0 Å². The average molecular weight is 169 g/mol. The molecule has 68 valence electrons. The Hall–Kier alpha value is -0.610. The van der Waals surface area contributed by atoms with Crippen molar-refractivity contribution in [2.45, 2.75) is 6.42 Å². The fourth-order valence-corrected chi connectivity index (χ4v) is 1.89. The van der Waals surface area contributed by atoms with Gasteiger partial charge in [0.15, 0.2) is 0 Å². The second kappa shape index (κ2) is 3.41. The number of nitrogens with zero attached hydrogens (tertiary/aromatic N) is 2. The molecule has 0 amide bonds. The molecule has 2 bridgehead atoms. The van der Waals surface area contributed by atoms with E-state index in [0.29, 0.717) is 19.1 Å². The number of oxime groups is 1. The third-order valence-corrected chi connectivity index (χ3v) is 2.52. The van der Waals surface area contributed by atoms with Crippen molar-refractivity contribution in [3.63, 3.8) is 0 Å². The fourth-order valence-electron chi connectivity index (χ4n) is 1.89. The zero-order valence-electron chi connectivity index (χ0n) is 7.20. The Morgan fingerprint density at radius 1 is 1.67 bits per heavy atom. The molecule has 2 unspecified atom stereocenters. The van der Waals surface area contributed by atoms with Crippen molar-refractivity contribution < 1.29 is 4.84 Å². The molecule has 0 aromatic rings. The van der Waals surface area contributed by atoms with E-state index in [1.54, 1.807) is 0 Å².